The van der Waals surface area contributed by atoms with Crippen molar-refractivity contribution in [3.05, 3.63) is 65.3 Å². The number of aromatic nitrogens is 2. The molecule has 214 valence electrons. The van der Waals surface area contributed by atoms with Crippen molar-refractivity contribution >= 4 is 52.9 Å². The molecule has 0 saturated carbocycles. The molecule has 1 aliphatic rings. The third kappa shape index (κ3) is 8.13. The smallest absolute Gasteiger partial charge is 0.401 e. The number of alkyl halides is 3. The second-order valence-corrected chi connectivity index (χ2v) is 13.3. The van der Waals surface area contributed by atoms with Gasteiger partial charge in [-0.25, -0.2) is 4.98 Å². The molecular weight excluding hydrogens is 564 g/mol. The highest BCUT2D eigenvalue weighted by Crippen LogP contribution is 2.39. The first-order valence-corrected chi connectivity index (χ1v) is 15.5. The Hall–Kier alpha value is -3.27. The summed E-state index contributed by atoms with van der Waals surface area (Å²) in [4.78, 5) is 10.1. The minimum atomic E-state index is -4.28. The highest BCUT2D eigenvalue weighted by molar-refractivity contribution is 7.70. The van der Waals surface area contributed by atoms with Gasteiger partial charge in [0.2, 0.25) is 5.95 Å². The predicted octanol–water partition coefficient (Wildman–Crippen LogP) is 6.48. The number of benzene rings is 2. The molecule has 1 aliphatic heterocycles. The van der Waals surface area contributed by atoms with Gasteiger partial charge in [-0.2, -0.15) is 18.2 Å². The maximum Gasteiger partial charge on any atom is 0.401 e. The van der Waals surface area contributed by atoms with Crippen LogP contribution in [0.4, 0.5) is 42.0 Å². The minimum absolute atomic E-state index is 0.145. The number of nitrogens with zero attached hydrogens (tertiary/aromatic N) is 3. The van der Waals surface area contributed by atoms with Crippen LogP contribution in [0, 0.1) is 0 Å². The van der Waals surface area contributed by atoms with Crippen LogP contribution in [0.3, 0.4) is 0 Å². The molecule has 3 aromatic rings. The van der Waals surface area contributed by atoms with Gasteiger partial charge in [-0.05, 0) is 50.1 Å². The lowest BCUT2D eigenvalue weighted by Crippen LogP contribution is -2.39. The van der Waals surface area contributed by atoms with Crippen molar-refractivity contribution in [2.45, 2.75) is 13.1 Å². The molecule has 4 rings (SSSR count). The average Bonchev–Trinajstić information content (AvgIpc) is 2.88. The van der Waals surface area contributed by atoms with Gasteiger partial charge in [0.25, 0.3) is 0 Å². The van der Waals surface area contributed by atoms with Gasteiger partial charge in [-0.1, -0.05) is 29.8 Å². The summed E-state index contributed by atoms with van der Waals surface area (Å²) in [7, 11) is -2.56. The number of anilines is 5. The number of para-hydroxylation sites is 1. The quantitative estimate of drug-likeness (QED) is 0.221. The summed E-state index contributed by atoms with van der Waals surface area (Å²) in [6.45, 7) is 5.04. The van der Waals surface area contributed by atoms with Crippen molar-refractivity contribution < 1.29 is 22.5 Å². The molecule has 3 N–H and O–H groups in total. The number of nitrogens with one attached hydrogen (secondary N) is 3. The molecule has 2 heterocycles. The molecule has 0 bridgehead atoms. The summed E-state index contributed by atoms with van der Waals surface area (Å²) in [5.41, 5.74) is 2.69. The maximum atomic E-state index is 13.0. The fourth-order valence-corrected chi connectivity index (χ4v) is 5.47. The van der Waals surface area contributed by atoms with Crippen LogP contribution in [-0.2, 0) is 4.57 Å². The topological polar surface area (TPSA) is 91.4 Å². The van der Waals surface area contributed by atoms with Gasteiger partial charge in [-0.15, -0.1) is 0 Å². The molecule has 1 aromatic heterocycles. The van der Waals surface area contributed by atoms with Gasteiger partial charge in [0.1, 0.15) is 24.5 Å². The number of halogens is 4. The first kappa shape index (κ1) is 29.7. The van der Waals surface area contributed by atoms with E-state index in [9.17, 15) is 17.7 Å². The van der Waals surface area contributed by atoms with E-state index in [1.165, 1.54) is 11.1 Å². The van der Waals surface area contributed by atoms with Crippen LogP contribution in [-0.4, -0.2) is 67.2 Å². The standard InChI is InChI=1S/C27H31ClF3N6O2P/c1-4-18-15-37(17-27(29,30)31)12-11-32-21-10-9-19(13-23(21)39-16-18)34-26-33-14-20(28)25(36-26)35-22-7-5-6-8-24(22)40(2,3)38/h4-10,13-14,32H,11-12,15-17H2,1-3H3,(H2,33,34,35,36)/b18-4+. The van der Waals surface area contributed by atoms with E-state index >= 15 is 0 Å². The summed E-state index contributed by atoms with van der Waals surface area (Å²) in [5, 5.41) is 10.5. The van der Waals surface area contributed by atoms with E-state index in [4.69, 9.17) is 16.3 Å². The summed E-state index contributed by atoms with van der Waals surface area (Å²) < 4.78 is 57.8. The van der Waals surface area contributed by atoms with E-state index in [2.05, 4.69) is 25.9 Å². The van der Waals surface area contributed by atoms with E-state index in [0.29, 0.717) is 45.5 Å². The first-order chi connectivity index (χ1) is 18.9. The fourth-order valence-electron chi connectivity index (χ4n) is 4.18. The molecule has 0 radical (unpaired) electrons. The summed E-state index contributed by atoms with van der Waals surface area (Å²) in [5.74, 6) is 1.15. The van der Waals surface area contributed by atoms with E-state index in [1.807, 2.05) is 18.2 Å². The van der Waals surface area contributed by atoms with Crippen LogP contribution in [0.1, 0.15) is 6.92 Å². The first-order valence-electron chi connectivity index (χ1n) is 12.6. The molecule has 0 aliphatic carbocycles. The van der Waals surface area contributed by atoms with Gasteiger partial charge in [0.05, 0.1) is 24.1 Å². The molecule has 2 aromatic carbocycles. The lowest BCUT2D eigenvalue weighted by molar-refractivity contribution is -0.144. The van der Waals surface area contributed by atoms with Gasteiger partial charge < -0.3 is 25.3 Å². The molecule has 13 heteroatoms. The minimum Gasteiger partial charge on any atom is -0.487 e. The molecule has 0 fully saturated rings. The second-order valence-electron chi connectivity index (χ2n) is 9.71. The molecule has 0 unspecified atom stereocenters. The normalized spacial score (nSPS) is 16.0. The summed E-state index contributed by atoms with van der Waals surface area (Å²) >= 11 is 6.36. The monoisotopic (exact) mass is 594 g/mol. The molecule has 8 nitrogen and oxygen atoms in total. The second kappa shape index (κ2) is 12.5. The van der Waals surface area contributed by atoms with Gasteiger partial charge in [0, 0.05) is 36.7 Å². The van der Waals surface area contributed by atoms with Crippen LogP contribution in [0.2, 0.25) is 5.02 Å². The van der Waals surface area contributed by atoms with Crippen LogP contribution < -0.4 is 26.0 Å². The summed E-state index contributed by atoms with van der Waals surface area (Å²) in [6.07, 6.45) is -1.03. The Morgan fingerprint density at radius 3 is 2.70 bits per heavy atom. The van der Waals surface area contributed by atoms with E-state index in [-0.39, 0.29) is 25.6 Å². The highest BCUT2D eigenvalue weighted by atomic mass is 35.5. The molecule has 40 heavy (non-hydrogen) atoms. The van der Waals surface area contributed by atoms with Crippen LogP contribution >= 0.6 is 18.7 Å². The van der Waals surface area contributed by atoms with Gasteiger partial charge in [0.15, 0.2) is 5.82 Å². The Bertz CT molecular complexity index is 1430. The van der Waals surface area contributed by atoms with Crippen molar-refractivity contribution in [1.29, 1.82) is 0 Å². The zero-order chi connectivity index (χ0) is 28.9. The molecule has 0 saturated heterocycles. The molecule has 0 spiro atoms. The number of hydrogen-bond acceptors (Lipinski definition) is 8. The maximum absolute atomic E-state index is 13.0. The lowest BCUT2D eigenvalue weighted by atomic mass is 10.2. The SMILES string of the molecule is C/C=C1/COc2cc(Nc3ncc(Cl)c(Nc4ccccc4P(C)(C)=O)n3)ccc2NCCN(CC(F)(F)F)C1. The Labute approximate surface area is 236 Å². The van der Waals surface area contributed by atoms with Crippen LogP contribution in [0.25, 0.3) is 0 Å². The lowest BCUT2D eigenvalue weighted by Gasteiger charge is -2.27. The predicted molar refractivity (Wildman–Crippen MR) is 156 cm³/mol. The number of fused-ring (bicyclic) bond motifs is 1. The highest BCUT2D eigenvalue weighted by Gasteiger charge is 2.31. The van der Waals surface area contributed by atoms with Crippen LogP contribution in [0.15, 0.2) is 60.3 Å². The third-order valence-electron chi connectivity index (χ3n) is 6.11. The van der Waals surface area contributed by atoms with Gasteiger partial charge >= 0.3 is 6.18 Å². The third-order valence-corrected chi connectivity index (χ3v) is 7.94. The Morgan fingerprint density at radius 2 is 1.98 bits per heavy atom. The van der Waals surface area contributed by atoms with Crippen molar-refractivity contribution in [3.63, 3.8) is 0 Å². The number of allylic oxidation sites excluding steroid dienone is 1. The molecular formula is C27H31ClF3N6O2P. The van der Waals surface area contributed by atoms with Crippen molar-refractivity contribution in [2.24, 2.45) is 0 Å². The van der Waals surface area contributed by atoms with Crippen molar-refractivity contribution in [1.82, 2.24) is 14.9 Å². The number of hydrogen-bond donors (Lipinski definition) is 3. The summed E-state index contributed by atoms with van der Waals surface area (Å²) in [6, 6.07) is 12.6. The zero-order valence-corrected chi connectivity index (χ0v) is 24.0. The van der Waals surface area contributed by atoms with Crippen LogP contribution in [0.5, 0.6) is 5.75 Å². The van der Waals surface area contributed by atoms with Gasteiger partial charge in [-0.3, -0.25) is 4.90 Å². The zero-order valence-electron chi connectivity index (χ0n) is 22.3. The number of ether oxygens (including phenoxy) is 1. The average molecular weight is 595 g/mol. The Kier molecular flexibility index (Phi) is 9.28. The Morgan fingerprint density at radius 1 is 1.20 bits per heavy atom. The fraction of sp³-hybridized carbons (Fsp3) is 0.333. The molecule has 0 amide bonds. The van der Waals surface area contributed by atoms with E-state index < -0.39 is 19.9 Å². The van der Waals surface area contributed by atoms with E-state index in [0.717, 1.165) is 5.57 Å². The largest absolute Gasteiger partial charge is 0.487 e. The van der Waals surface area contributed by atoms with E-state index in [1.54, 1.807) is 50.6 Å². The number of rotatable bonds is 6. The molecule has 0 atom stereocenters. The van der Waals surface area contributed by atoms with Crippen molar-refractivity contribution in [2.75, 3.05) is 62.1 Å². The van der Waals surface area contributed by atoms with Crippen molar-refractivity contribution in [3.8, 4) is 5.75 Å². The Balaban J connectivity index is 1.53.